The van der Waals surface area contributed by atoms with Gasteiger partial charge in [0, 0.05) is 22.6 Å². The van der Waals surface area contributed by atoms with E-state index in [0.717, 1.165) is 5.69 Å². The van der Waals surface area contributed by atoms with Gasteiger partial charge in [0.2, 0.25) is 5.91 Å². The first-order chi connectivity index (χ1) is 16.0. The zero-order valence-electron chi connectivity index (χ0n) is 17.2. The molecule has 0 unspecified atom stereocenters. The van der Waals surface area contributed by atoms with Crippen molar-refractivity contribution >= 4 is 35.1 Å². The number of para-hydroxylation sites is 1. The predicted octanol–water partition coefficient (Wildman–Crippen LogP) is 4.29. The zero-order valence-corrected chi connectivity index (χ0v) is 18.1. The predicted molar refractivity (Wildman–Crippen MR) is 126 cm³/mol. The molecule has 1 aromatic heterocycles. The molecule has 4 N–H and O–H groups in total. The Bertz CT molecular complexity index is 1260. The Morgan fingerprint density at radius 3 is 2.15 bits per heavy atom. The highest BCUT2D eigenvalue weighted by Gasteiger charge is 2.17. The van der Waals surface area contributed by atoms with Crippen molar-refractivity contribution in [3.05, 3.63) is 84.7 Å². The number of benzene rings is 3. The molecule has 0 atom stereocenters. The Hall–Kier alpha value is -4.18. The number of nitrogens with two attached hydrogens (primary N) is 1. The third-order valence-corrected chi connectivity index (χ3v) is 5.45. The van der Waals surface area contributed by atoms with Crippen LogP contribution >= 0.6 is 11.8 Å². The molecular formula is C23H19FN6O2S. The number of nitrogens with zero attached hydrogens (tertiary/aromatic N) is 3. The SMILES string of the molecule is NC(=O)Nc1ccc(NC(=O)CSc2nnc(-c3ccc(F)cc3)n2-c2ccccc2)cc1. The molecular weight excluding hydrogens is 443 g/mol. The van der Waals surface area contributed by atoms with Gasteiger partial charge in [-0.25, -0.2) is 9.18 Å². The van der Waals surface area contributed by atoms with Crippen LogP contribution in [0.15, 0.2) is 84.0 Å². The third-order valence-electron chi connectivity index (χ3n) is 4.52. The van der Waals surface area contributed by atoms with E-state index in [4.69, 9.17) is 5.73 Å². The fourth-order valence-electron chi connectivity index (χ4n) is 3.07. The normalized spacial score (nSPS) is 10.6. The summed E-state index contributed by atoms with van der Waals surface area (Å²) in [7, 11) is 0. The Morgan fingerprint density at radius 1 is 0.879 bits per heavy atom. The van der Waals surface area contributed by atoms with Gasteiger partial charge in [-0.3, -0.25) is 9.36 Å². The van der Waals surface area contributed by atoms with Gasteiger partial charge in [-0.2, -0.15) is 0 Å². The van der Waals surface area contributed by atoms with Crippen LogP contribution in [0.3, 0.4) is 0 Å². The summed E-state index contributed by atoms with van der Waals surface area (Å²) in [6.45, 7) is 0. The van der Waals surface area contributed by atoms with E-state index in [2.05, 4.69) is 20.8 Å². The zero-order chi connectivity index (χ0) is 23.2. The Labute approximate surface area is 193 Å². The van der Waals surface area contributed by atoms with Gasteiger partial charge >= 0.3 is 6.03 Å². The van der Waals surface area contributed by atoms with Gasteiger partial charge in [0.25, 0.3) is 0 Å². The fraction of sp³-hybridized carbons (Fsp3) is 0.0435. The maximum atomic E-state index is 13.4. The molecule has 3 aromatic carbocycles. The van der Waals surface area contributed by atoms with Crippen molar-refractivity contribution in [2.75, 3.05) is 16.4 Å². The van der Waals surface area contributed by atoms with E-state index in [-0.39, 0.29) is 17.5 Å². The topological polar surface area (TPSA) is 115 Å². The van der Waals surface area contributed by atoms with Crippen molar-refractivity contribution in [2.24, 2.45) is 5.73 Å². The molecule has 0 aliphatic heterocycles. The largest absolute Gasteiger partial charge is 0.351 e. The number of nitrogens with one attached hydrogen (secondary N) is 2. The lowest BCUT2D eigenvalue weighted by atomic mass is 10.2. The molecule has 3 amide bonds. The minimum Gasteiger partial charge on any atom is -0.351 e. The molecule has 0 radical (unpaired) electrons. The van der Waals surface area contributed by atoms with Crippen molar-refractivity contribution in [1.29, 1.82) is 0 Å². The number of hydrogen-bond donors (Lipinski definition) is 3. The van der Waals surface area contributed by atoms with Crippen LogP contribution in [-0.4, -0.2) is 32.5 Å². The first kappa shape index (κ1) is 22.0. The van der Waals surface area contributed by atoms with Gasteiger partial charge in [0.05, 0.1) is 5.75 Å². The number of halogens is 1. The number of hydrogen-bond acceptors (Lipinski definition) is 5. The average molecular weight is 463 g/mol. The Morgan fingerprint density at radius 2 is 1.52 bits per heavy atom. The molecule has 0 saturated heterocycles. The van der Waals surface area contributed by atoms with Gasteiger partial charge in [-0.05, 0) is 60.7 Å². The van der Waals surface area contributed by atoms with E-state index in [9.17, 15) is 14.0 Å². The van der Waals surface area contributed by atoms with Crippen LogP contribution in [-0.2, 0) is 4.79 Å². The maximum absolute atomic E-state index is 13.4. The number of carbonyl (C=O) groups is 2. The van der Waals surface area contributed by atoms with Gasteiger partial charge in [0.1, 0.15) is 5.82 Å². The summed E-state index contributed by atoms with van der Waals surface area (Å²) in [6, 6.07) is 21.4. The number of amides is 3. The summed E-state index contributed by atoms with van der Waals surface area (Å²) in [5, 5.41) is 14.3. The first-order valence-corrected chi connectivity index (χ1v) is 10.8. The van der Waals surface area contributed by atoms with E-state index >= 15 is 0 Å². The van der Waals surface area contributed by atoms with Crippen LogP contribution in [0, 0.1) is 5.82 Å². The van der Waals surface area contributed by atoms with Gasteiger partial charge in [-0.15, -0.1) is 10.2 Å². The van der Waals surface area contributed by atoms with Crippen molar-refractivity contribution in [2.45, 2.75) is 5.16 Å². The lowest BCUT2D eigenvalue weighted by Crippen LogP contribution is -2.19. The standard InChI is InChI=1S/C23H19FN6O2S/c24-16-8-6-15(7-9-16)21-28-29-23(30(21)19-4-2-1-3-5-19)33-14-20(31)26-17-10-12-18(13-11-17)27-22(25)32/h1-13H,14H2,(H,26,31)(H3,25,27,32). The Kier molecular flexibility index (Phi) is 6.65. The fourth-order valence-corrected chi connectivity index (χ4v) is 3.82. The number of aromatic nitrogens is 3. The number of rotatable bonds is 7. The molecule has 0 bridgehead atoms. The van der Waals surface area contributed by atoms with E-state index in [1.54, 1.807) is 36.4 Å². The second kappa shape index (κ2) is 9.96. The van der Waals surface area contributed by atoms with E-state index in [1.165, 1.54) is 23.9 Å². The molecule has 0 fully saturated rings. The molecule has 0 aliphatic rings. The molecule has 1 heterocycles. The monoisotopic (exact) mass is 462 g/mol. The molecule has 166 valence electrons. The molecule has 4 aromatic rings. The minimum atomic E-state index is -0.661. The second-order valence-corrected chi connectivity index (χ2v) is 7.83. The van der Waals surface area contributed by atoms with Crippen LogP contribution in [0.1, 0.15) is 0 Å². The summed E-state index contributed by atoms with van der Waals surface area (Å²) < 4.78 is 15.2. The lowest BCUT2D eigenvalue weighted by molar-refractivity contribution is -0.113. The molecule has 8 nitrogen and oxygen atoms in total. The van der Waals surface area contributed by atoms with Crippen LogP contribution in [0.2, 0.25) is 0 Å². The van der Waals surface area contributed by atoms with Gasteiger partial charge in [0.15, 0.2) is 11.0 Å². The highest BCUT2D eigenvalue weighted by atomic mass is 32.2. The van der Waals surface area contributed by atoms with Gasteiger partial charge < -0.3 is 16.4 Å². The summed E-state index contributed by atoms with van der Waals surface area (Å²) in [5.74, 6) is 0.0628. The number of anilines is 2. The summed E-state index contributed by atoms with van der Waals surface area (Å²) in [4.78, 5) is 23.4. The quantitative estimate of drug-likeness (QED) is 0.354. The van der Waals surface area contributed by atoms with Crippen molar-refractivity contribution in [1.82, 2.24) is 14.8 Å². The van der Waals surface area contributed by atoms with Crippen molar-refractivity contribution < 1.29 is 14.0 Å². The first-order valence-electron chi connectivity index (χ1n) is 9.85. The lowest BCUT2D eigenvalue weighted by Gasteiger charge is -2.10. The third kappa shape index (κ3) is 5.55. The summed E-state index contributed by atoms with van der Waals surface area (Å²) in [6.07, 6.45) is 0. The molecule has 0 saturated carbocycles. The number of primary amides is 1. The molecule has 33 heavy (non-hydrogen) atoms. The van der Waals surface area contributed by atoms with E-state index < -0.39 is 6.03 Å². The van der Waals surface area contributed by atoms with E-state index in [1.807, 2.05) is 34.9 Å². The average Bonchev–Trinajstić information content (AvgIpc) is 3.24. The molecule has 0 aliphatic carbocycles. The van der Waals surface area contributed by atoms with Crippen LogP contribution in [0.5, 0.6) is 0 Å². The van der Waals surface area contributed by atoms with Gasteiger partial charge in [-0.1, -0.05) is 30.0 Å². The Balaban J connectivity index is 1.50. The smallest absolute Gasteiger partial charge is 0.316 e. The van der Waals surface area contributed by atoms with Crippen LogP contribution < -0.4 is 16.4 Å². The summed E-state index contributed by atoms with van der Waals surface area (Å²) >= 11 is 1.23. The second-order valence-electron chi connectivity index (χ2n) is 6.89. The molecule has 0 spiro atoms. The maximum Gasteiger partial charge on any atom is 0.316 e. The number of thioether (sulfide) groups is 1. The van der Waals surface area contributed by atoms with Crippen molar-refractivity contribution in [3.63, 3.8) is 0 Å². The van der Waals surface area contributed by atoms with Crippen LogP contribution in [0.4, 0.5) is 20.6 Å². The van der Waals surface area contributed by atoms with Crippen molar-refractivity contribution in [3.8, 4) is 17.1 Å². The number of urea groups is 1. The highest BCUT2D eigenvalue weighted by molar-refractivity contribution is 7.99. The van der Waals surface area contributed by atoms with E-state index in [0.29, 0.717) is 27.9 Å². The van der Waals surface area contributed by atoms with Crippen LogP contribution in [0.25, 0.3) is 17.1 Å². The highest BCUT2D eigenvalue weighted by Crippen LogP contribution is 2.28. The summed E-state index contributed by atoms with van der Waals surface area (Å²) in [5.41, 5.74) is 7.71. The molecule has 10 heteroatoms. The number of carbonyl (C=O) groups excluding carboxylic acids is 2. The minimum absolute atomic E-state index is 0.0929. The molecule has 4 rings (SSSR count).